The molecule has 0 saturated carbocycles. The Labute approximate surface area is 169 Å². The monoisotopic (exact) mass is 422 g/mol. The molecule has 30 heavy (non-hydrogen) atoms. The van der Waals surface area contributed by atoms with Gasteiger partial charge in [-0.05, 0) is 24.1 Å². The molecule has 0 radical (unpaired) electrons. The van der Waals surface area contributed by atoms with Crippen molar-refractivity contribution in [3.05, 3.63) is 42.6 Å². The SMILES string of the molecule is CC(C)[C@@H](Nc1nc(-c2ccc3nccnc3c2)ncc1F)C(=O)NCC(F)(F)F. The van der Waals surface area contributed by atoms with E-state index in [9.17, 15) is 22.4 Å². The summed E-state index contributed by atoms with van der Waals surface area (Å²) < 4.78 is 51.5. The molecule has 1 aromatic carbocycles. The van der Waals surface area contributed by atoms with Crippen LogP contribution in [0.15, 0.2) is 36.8 Å². The van der Waals surface area contributed by atoms with Gasteiger partial charge in [0.1, 0.15) is 12.6 Å². The van der Waals surface area contributed by atoms with Gasteiger partial charge in [-0.25, -0.2) is 14.4 Å². The Bertz CT molecular complexity index is 1060. The second-order valence-corrected chi connectivity index (χ2v) is 6.85. The maximum absolute atomic E-state index is 14.3. The number of nitrogens with zero attached hydrogens (tertiary/aromatic N) is 4. The number of hydrogen-bond donors (Lipinski definition) is 2. The van der Waals surface area contributed by atoms with E-state index in [1.165, 1.54) is 6.20 Å². The minimum Gasteiger partial charge on any atom is -0.356 e. The highest BCUT2D eigenvalue weighted by molar-refractivity contribution is 5.85. The molecule has 0 fully saturated rings. The molecule has 0 aliphatic rings. The first-order valence-corrected chi connectivity index (χ1v) is 8.99. The average molecular weight is 422 g/mol. The number of rotatable bonds is 6. The molecule has 2 aromatic heterocycles. The summed E-state index contributed by atoms with van der Waals surface area (Å²) >= 11 is 0. The van der Waals surface area contributed by atoms with Gasteiger partial charge in [-0.15, -0.1) is 0 Å². The van der Waals surface area contributed by atoms with Gasteiger partial charge in [0, 0.05) is 18.0 Å². The Morgan fingerprint density at radius 2 is 1.80 bits per heavy atom. The minimum absolute atomic E-state index is 0.157. The Morgan fingerprint density at radius 3 is 2.47 bits per heavy atom. The predicted molar refractivity (Wildman–Crippen MR) is 102 cm³/mol. The molecule has 3 aromatic rings. The van der Waals surface area contributed by atoms with E-state index >= 15 is 0 Å². The van der Waals surface area contributed by atoms with Crippen molar-refractivity contribution in [2.75, 3.05) is 11.9 Å². The molecule has 0 aliphatic carbocycles. The lowest BCUT2D eigenvalue weighted by Gasteiger charge is -2.23. The highest BCUT2D eigenvalue weighted by Gasteiger charge is 2.31. The fourth-order valence-electron chi connectivity index (χ4n) is 2.69. The molecular formula is C19H18F4N6O. The lowest BCUT2D eigenvalue weighted by Crippen LogP contribution is -2.46. The Hall–Kier alpha value is -3.37. The molecule has 0 bridgehead atoms. The van der Waals surface area contributed by atoms with Crippen LogP contribution in [-0.4, -0.2) is 44.6 Å². The minimum atomic E-state index is -4.55. The highest BCUT2D eigenvalue weighted by Crippen LogP contribution is 2.23. The Balaban J connectivity index is 1.86. The summed E-state index contributed by atoms with van der Waals surface area (Å²) in [6.07, 6.45) is -0.550. The third-order valence-electron chi connectivity index (χ3n) is 4.18. The standard InChI is InChI=1S/C19H18F4N6O/c1-10(2)15(18(30)27-9-19(21,22)23)28-17-12(20)8-26-16(29-17)11-3-4-13-14(7-11)25-6-5-24-13/h3-8,10,15H,9H2,1-2H3,(H,27,30)(H,26,28,29)/t15-/m1/s1. The van der Waals surface area contributed by atoms with Crippen molar-refractivity contribution in [2.45, 2.75) is 26.1 Å². The lowest BCUT2D eigenvalue weighted by atomic mass is 10.0. The smallest absolute Gasteiger partial charge is 0.356 e. The largest absolute Gasteiger partial charge is 0.405 e. The number of carbonyl (C=O) groups is 1. The van der Waals surface area contributed by atoms with Crippen LogP contribution < -0.4 is 10.6 Å². The van der Waals surface area contributed by atoms with Crippen LogP contribution in [0.4, 0.5) is 23.4 Å². The highest BCUT2D eigenvalue weighted by atomic mass is 19.4. The second kappa shape index (κ2) is 8.56. The second-order valence-electron chi connectivity index (χ2n) is 6.85. The van der Waals surface area contributed by atoms with E-state index in [-0.39, 0.29) is 11.6 Å². The van der Waals surface area contributed by atoms with Crippen LogP contribution in [0.5, 0.6) is 0 Å². The first-order valence-electron chi connectivity index (χ1n) is 8.99. The molecule has 2 heterocycles. The average Bonchev–Trinajstić information content (AvgIpc) is 2.70. The number of hydrogen-bond acceptors (Lipinski definition) is 6. The molecule has 0 saturated heterocycles. The van der Waals surface area contributed by atoms with Crippen molar-refractivity contribution in [3.63, 3.8) is 0 Å². The number of halogens is 4. The normalized spacial score (nSPS) is 12.8. The van der Waals surface area contributed by atoms with Crippen LogP contribution in [0.2, 0.25) is 0 Å². The molecule has 0 spiro atoms. The third kappa shape index (κ3) is 5.16. The quantitative estimate of drug-likeness (QED) is 0.592. The maximum Gasteiger partial charge on any atom is 0.405 e. The molecule has 0 aliphatic heterocycles. The van der Waals surface area contributed by atoms with Crippen molar-refractivity contribution in [2.24, 2.45) is 5.92 Å². The predicted octanol–water partition coefficient (Wildman–Crippen LogP) is 3.34. The summed E-state index contributed by atoms with van der Waals surface area (Å²) in [5, 5.41) is 4.40. The maximum atomic E-state index is 14.3. The van der Waals surface area contributed by atoms with Crippen LogP contribution in [0.25, 0.3) is 22.4 Å². The number of carbonyl (C=O) groups excluding carboxylic acids is 1. The van der Waals surface area contributed by atoms with Crippen molar-refractivity contribution in [1.82, 2.24) is 25.3 Å². The van der Waals surface area contributed by atoms with E-state index < -0.39 is 36.4 Å². The lowest BCUT2D eigenvalue weighted by molar-refractivity contribution is -0.139. The molecule has 1 amide bonds. The van der Waals surface area contributed by atoms with Gasteiger partial charge in [-0.3, -0.25) is 14.8 Å². The summed E-state index contributed by atoms with van der Waals surface area (Å²) in [7, 11) is 0. The van der Waals surface area contributed by atoms with Crippen molar-refractivity contribution in [1.29, 1.82) is 0 Å². The molecule has 158 valence electrons. The number of amides is 1. The topological polar surface area (TPSA) is 92.7 Å². The van der Waals surface area contributed by atoms with Crippen LogP contribution in [0.1, 0.15) is 13.8 Å². The van der Waals surface area contributed by atoms with Gasteiger partial charge < -0.3 is 10.6 Å². The zero-order valence-electron chi connectivity index (χ0n) is 16.0. The number of fused-ring (bicyclic) bond motifs is 1. The summed E-state index contributed by atoms with van der Waals surface area (Å²) in [6, 6.07) is 3.94. The molecule has 0 unspecified atom stereocenters. The summed E-state index contributed by atoms with van der Waals surface area (Å²) in [5.74, 6) is -2.33. The summed E-state index contributed by atoms with van der Waals surface area (Å²) in [4.78, 5) is 28.6. The fraction of sp³-hybridized carbons (Fsp3) is 0.316. The van der Waals surface area contributed by atoms with Crippen LogP contribution in [0.3, 0.4) is 0 Å². The van der Waals surface area contributed by atoms with E-state index in [0.29, 0.717) is 16.6 Å². The summed E-state index contributed by atoms with van der Waals surface area (Å²) in [5.41, 5.74) is 1.78. The van der Waals surface area contributed by atoms with Gasteiger partial charge in [0.2, 0.25) is 5.91 Å². The zero-order chi connectivity index (χ0) is 21.9. The number of benzene rings is 1. The van der Waals surface area contributed by atoms with E-state index in [4.69, 9.17) is 0 Å². The molecule has 3 rings (SSSR count). The van der Waals surface area contributed by atoms with Gasteiger partial charge in [-0.2, -0.15) is 13.2 Å². The van der Waals surface area contributed by atoms with Crippen LogP contribution in [-0.2, 0) is 4.79 Å². The molecule has 2 N–H and O–H groups in total. The van der Waals surface area contributed by atoms with Crippen molar-refractivity contribution < 1.29 is 22.4 Å². The van der Waals surface area contributed by atoms with Gasteiger partial charge >= 0.3 is 6.18 Å². The van der Waals surface area contributed by atoms with Gasteiger partial charge in [0.25, 0.3) is 0 Å². The Kier molecular flexibility index (Phi) is 6.09. The molecule has 7 nitrogen and oxygen atoms in total. The van der Waals surface area contributed by atoms with Crippen molar-refractivity contribution >= 4 is 22.8 Å². The van der Waals surface area contributed by atoms with Crippen molar-refractivity contribution in [3.8, 4) is 11.4 Å². The number of aromatic nitrogens is 4. The molecular weight excluding hydrogens is 404 g/mol. The fourth-order valence-corrected chi connectivity index (χ4v) is 2.69. The van der Waals surface area contributed by atoms with E-state index in [1.807, 2.05) is 0 Å². The van der Waals surface area contributed by atoms with Gasteiger partial charge in [0.15, 0.2) is 17.5 Å². The van der Waals surface area contributed by atoms with Gasteiger partial charge in [-0.1, -0.05) is 13.8 Å². The number of anilines is 1. The molecule has 1 atom stereocenters. The van der Waals surface area contributed by atoms with Crippen LogP contribution in [0, 0.1) is 11.7 Å². The summed E-state index contributed by atoms with van der Waals surface area (Å²) in [6.45, 7) is 1.76. The van der Waals surface area contributed by atoms with Crippen LogP contribution >= 0.6 is 0 Å². The zero-order valence-corrected chi connectivity index (χ0v) is 16.0. The molecule has 11 heteroatoms. The Morgan fingerprint density at radius 1 is 1.10 bits per heavy atom. The number of alkyl halides is 3. The number of nitrogens with one attached hydrogen (secondary N) is 2. The first-order chi connectivity index (χ1) is 14.1. The van der Waals surface area contributed by atoms with E-state index in [0.717, 1.165) is 6.20 Å². The van der Waals surface area contributed by atoms with Gasteiger partial charge in [0.05, 0.1) is 17.2 Å². The van der Waals surface area contributed by atoms with E-state index in [2.05, 4.69) is 25.3 Å². The first kappa shape index (κ1) is 21.3. The third-order valence-corrected chi connectivity index (χ3v) is 4.18. The van der Waals surface area contributed by atoms with E-state index in [1.54, 1.807) is 43.6 Å².